The summed E-state index contributed by atoms with van der Waals surface area (Å²) in [5, 5.41) is 8.37. The zero-order valence-corrected chi connectivity index (χ0v) is 19.0. The summed E-state index contributed by atoms with van der Waals surface area (Å²) in [6.45, 7) is 0.801. The van der Waals surface area contributed by atoms with Crippen LogP contribution in [0.1, 0.15) is 15.9 Å². The van der Waals surface area contributed by atoms with Gasteiger partial charge in [-0.05, 0) is 66.3 Å². The summed E-state index contributed by atoms with van der Waals surface area (Å²) in [7, 11) is 1.60. The monoisotopic (exact) mass is 463 g/mol. The van der Waals surface area contributed by atoms with E-state index in [-0.39, 0.29) is 16.9 Å². The topological polar surface area (TPSA) is 88.7 Å². The maximum Gasteiger partial charge on any atom is 0.257 e. The number of hydrogen-bond acceptors (Lipinski definition) is 5. The van der Waals surface area contributed by atoms with E-state index in [4.69, 9.17) is 21.7 Å². The Bertz CT molecular complexity index is 1070. The van der Waals surface area contributed by atoms with Crippen LogP contribution < -0.4 is 25.4 Å². The molecule has 0 heterocycles. The van der Waals surface area contributed by atoms with Crippen molar-refractivity contribution in [3.63, 3.8) is 0 Å². The minimum absolute atomic E-state index is 0.0598. The van der Waals surface area contributed by atoms with Crippen LogP contribution in [-0.2, 0) is 11.2 Å². The highest BCUT2D eigenvalue weighted by Crippen LogP contribution is 2.14. The summed E-state index contributed by atoms with van der Waals surface area (Å²) in [6.07, 6.45) is 0.303. The molecule has 2 amide bonds. The molecule has 0 spiro atoms. The molecule has 3 N–H and O–H groups in total. The van der Waals surface area contributed by atoms with Crippen molar-refractivity contribution in [3.05, 3.63) is 90.0 Å². The van der Waals surface area contributed by atoms with Crippen LogP contribution in [-0.4, -0.2) is 37.2 Å². The third kappa shape index (κ3) is 7.93. The van der Waals surface area contributed by atoms with E-state index < -0.39 is 0 Å². The Balaban J connectivity index is 1.42. The number of anilines is 1. The number of ether oxygens (including phenoxy) is 2. The number of likely N-dealkylation sites (N-methyl/N-ethyl adjacent to an activating group) is 1. The van der Waals surface area contributed by atoms with E-state index in [9.17, 15) is 9.59 Å². The molecular formula is C25H25N3O4S. The second-order valence-electron chi connectivity index (χ2n) is 6.99. The number of carbonyl (C=O) groups is 2. The molecule has 0 bridgehead atoms. The predicted molar refractivity (Wildman–Crippen MR) is 132 cm³/mol. The molecule has 0 saturated carbocycles. The van der Waals surface area contributed by atoms with Gasteiger partial charge in [-0.3, -0.25) is 14.9 Å². The van der Waals surface area contributed by atoms with Gasteiger partial charge in [0.15, 0.2) is 5.11 Å². The molecule has 33 heavy (non-hydrogen) atoms. The fourth-order valence-corrected chi connectivity index (χ4v) is 3.07. The van der Waals surface area contributed by atoms with Gasteiger partial charge in [-0.2, -0.15) is 0 Å². The van der Waals surface area contributed by atoms with Crippen molar-refractivity contribution >= 4 is 34.8 Å². The first-order chi connectivity index (χ1) is 16.0. The van der Waals surface area contributed by atoms with Gasteiger partial charge < -0.3 is 20.1 Å². The Hall–Kier alpha value is -3.91. The molecule has 0 aliphatic rings. The molecule has 7 nitrogen and oxygen atoms in total. The molecule has 3 rings (SSSR count). The van der Waals surface area contributed by atoms with E-state index in [0.717, 1.165) is 11.3 Å². The number of rotatable bonds is 9. The summed E-state index contributed by atoms with van der Waals surface area (Å²) >= 11 is 5.22. The molecule has 0 radical (unpaired) electrons. The average Bonchev–Trinajstić information content (AvgIpc) is 2.84. The lowest BCUT2D eigenvalue weighted by atomic mass is 10.1. The summed E-state index contributed by atoms with van der Waals surface area (Å²) < 4.78 is 11.2. The third-order valence-electron chi connectivity index (χ3n) is 4.56. The molecule has 3 aromatic rings. The molecule has 0 fully saturated rings. The third-order valence-corrected chi connectivity index (χ3v) is 4.77. The van der Waals surface area contributed by atoms with Crippen LogP contribution in [0.5, 0.6) is 11.5 Å². The van der Waals surface area contributed by atoms with Crippen LogP contribution in [0.25, 0.3) is 0 Å². The number of hydrogen-bond donors (Lipinski definition) is 3. The second-order valence-corrected chi connectivity index (χ2v) is 7.40. The van der Waals surface area contributed by atoms with Gasteiger partial charge in [0.25, 0.3) is 5.91 Å². The smallest absolute Gasteiger partial charge is 0.257 e. The highest BCUT2D eigenvalue weighted by Gasteiger charge is 2.09. The van der Waals surface area contributed by atoms with Crippen LogP contribution >= 0.6 is 12.2 Å². The van der Waals surface area contributed by atoms with Crippen molar-refractivity contribution in [2.45, 2.75) is 6.42 Å². The minimum Gasteiger partial charge on any atom is -0.490 e. The first-order valence-corrected chi connectivity index (χ1v) is 10.8. The number of benzene rings is 3. The Morgan fingerprint density at radius 2 is 1.42 bits per heavy atom. The number of thiocarbonyl (C=S) groups is 1. The van der Waals surface area contributed by atoms with Crippen molar-refractivity contribution in [3.8, 4) is 11.5 Å². The Morgan fingerprint density at radius 3 is 2.03 bits per heavy atom. The quantitative estimate of drug-likeness (QED) is 0.332. The van der Waals surface area contributed by atoms with E-state index in [1.54, 1.807) is 43.4 Å². The van der Waals surface area contributed by atoms with Crippen molar-refractivity contribution in [2.24, 2.45) is 0 Å². The Kier molecular flexibility index (Phi) is 8.79. The van der Waals surface area contributed by atoms with Gasteiger partial charge in [0, 0.05) is 18.3 Å². The van der Waals surface area contributed by atoms with Crippen LogP contribution in [0.15, 0.2) is 78.9 Å². The van der Waals surface area contributed by atoms with E-state index in [1.807, 2.05) is 42.5 Å². The average molecular weight is 464 g/mol. The minimum atomic E-state index is -0.331. The molecule has 170 valence electrons. The second kappa shape index (κ2) is 12.2. The highest BCUT2D eigenvalue weighted by molar-refractivity contribution is 7.80. The van der Waals surface area contributed by atoms with Crippen molar-refractivity contribution in [1.29, 1.82) is 0 Å². The summed E-state index contributed by atoms with van der Waals surface area (Å²) in [4.78, 5) is 23.9. The van der Waals surface area contributed by atoms with Gasteiger partial charge in [0.1, 0.15) is 24.7 Å². The summed E-state index contributed by atoms with van der Waals surface area (Å²) in [5.74, 6) is 1.04. The normalized spacial score (nSPS) is 10.1. The standard InChI is InChI=1S/C25H25N3O4S/c1-26-23(29)17-18-7-11-20(12-8-18)27-25(33)28-24(30)19-9-13-22(14-10-19)32-16-15-31-21-5-3-2-4-6-21/h2-14H,15-17H2,1H3,(H,26,29)(H2,27,28,30,33). The number of nitrogens with one attached hydrogen (secondary N) is 3. The van der Waals surface area contributed by atoms with E-state index >= 15 is 0 Å². The molecule has 0 saturated heterocycles. The SMILES string of the molecule is CNC(=O)Cc1ccc(NC(=S)NC(=O)c2ccc(OCCOc3ccccc3)cc2)cc1. The zero-order chi connectivity index (χ0) is 23.5. The first kappa shape index (κ1) is 23.7. The molecule has 0 unspecified atom stereocenters. The zero-order valence-electron chi connectivity index (χ0n) is 18.2. The first-order valence-electron chi connectivity index (χ1n) is 10.4. The summed E-state index contributed by atoms with van der Waals surface area (Å²) in [6, 6.07) is 23.5. The number of carbonyl (C=O) groups excluding carboxylic acids is 2. The lowest BCUT2D eigenvalue weighted by Crippen LogP contribution is -2.34. The van der Waals surface area contributed by atoms with Gasteiger partial charge in [0.05, 0.1) is 6.42 Å². The molecule has 3 aromatic carbocycles. The van der Waals surface area contributed by atoms with E-state index in [2.05, 4.69) is 16.0 Å². The maximum atomic E-state index is 12.4. The molecular weight excluding hydrogens is 438 g/mol. The fourth-order valence-electron chi connectivity index (χ4n) is 2.86. The number of para-hydroxylation sites is 1. The van der Waals surface area contributed by atoms with Gasteiger partial charge in [-0.1, -0.05) is 30.3 Å². The molecule has 0 aromatic heterocycles. The molecule has 0 aliphatic heterocycles. The summed E-state index contributed by atoms with van der Waals surface area (Å²) in [5.41, 5.74) is 2.04. The lowest BCUT2D eigenvalue weighted by molar-refractivity contribution is -0.119. The maximum absolute atomic E-state index is 12.4. The molecule has 8 heteroatoms. The van der Waals surface area contributed by atoms with Crippen molar-refractivity contribution < 1.29 is 19.1 Å². The van der Waals surface area contributed by atoms with Gasteiger partial charge in [-0.25, -0.2) is 0 Å². The van der Waals surface area contributed by atoms with Crippen LogP contribution in [0, 0.1) is 0 Å². The van der Waals surface area contributed by atoms with Gasteiger partial charge >= 0.3 is 0 Å². The van der Waals surface area contributed by atoms with Gasteiger partial charge in [0.2, 0.25) is 5.91 Å². The Labute approximate surface area is 198 Å². The molecule has 0 atom stereocenters. The number of amides is 2. The van der Waals surface area contributed by atoms with Crippen LogP contribution in [0.4, 0.5) is 5.69 Å². The van der Waals surface area contributed by atoms with E-state index in [1.165, 1.54) is 0 Å². The lowest BCUT2D eigenvalue weighted by Gasteiger charge is -2.11. The van der Waals surface area contributed by atoms with Crippen molar-refractivity contribution in [2.75, 3.05) is 25.6 Å². The van der Waals surface area contributed by atoms with Crippen LogP contribution in [0.2, 0.25) is 0 Å². The van der Waals surface area contributed by atoms with Crippen LogP contribution in [0.3, 0.4) is 0 Å². The predicted octanol–water partition coefficient (Wildman–Crippen LogP) is 3.56. The molecule has 0 aliphatic carbocycles. The van der Waals surface area contributed by atoms with Gasteiger partial charge in [-0.15, -0.1) is 0 Å². The highest BCUT2D eigenvalue weighted by atomic mass is 32.1. The van der Waals surface area contributed by atoms with E-state index in [0.29, 0.717) is 36.6 Å². The largest absolute Gasteiger partial charge is 0.490 e. The fraction of sp³-hybridized carbons (Fsp3) is 0.160. The Morgan fingerprint density at radius 1 is 0.818 bits per heavy atom. The van der Waals surface area contributed by atoms with Crippen molar-refractivity contribution in [1.82, 2.24) is 10.6 Å².